The van der Waals surface area contributed by atoms with Crippen molar-refractivity contribution in [1.29, 1.82) is 0 Å². The molecule has 4 nitrogen and oxygen atoms in total. The Bertz CT molecular complexity index is 350. The van der Waals surface area contributed by atoms with Crippen molar-refractivity contribution in [3.63, 3.8) is 0 Å². The second kappa shape index (κ2) is 8.32. The smallest absolute Gasteiger partial charge is 0.748 e. The molecule has 0 aromatic carbocycles. The number of thiophene rings is 1. The maximum atomic E-state index is 10.2. The second-order valence-corrected chi connectivity index (χ2v) is 5.23. The van der Waals surface area contributed by atoms with Crippen LogP contribution < -0.4 is 56.7 Å². The van der Waals surface area contributed by atoms with Crippen LogP contribution in [0.2, 0.25) is 0 Å². The van der Waals surface area contributed by atoms with E-state index in [2.05, 4.69) is 5.32 Å². The van der Waals surface area contributed by atoms with Crippen molar-refractivity contribution >= 4 is 21.5 Å². The molecule has 1 rings (SSSR count). The first-order valence-corrected chi connectivity index (χ1v) is 6.75. The summed E-state index contributed by atoms with van der Waals surface area (Å²) in [5, 5.41) is 7.07. The molecule has 7 heteroatoms. The maximum absolute atomic E-state index is 10.2. The molecule has 0 aliphatic carbocycles. The van der Waals surface area contributed by atoms with Crippen LogP contribution in [0.25, 0.3) is 0 Å². The molecule has 0 amide bonds. The molecular formula is C8H12KNO3S2. The minimum Gasteiger partial charge on any atom is -0.748 e. The molecule has 1 N–H and O–H groups in total. The summed E-state index contributed by atoms with van der Waals surface area (Å²) in [6.07, 6.45) is 0.371. The summed E-state index contributed by atoms with van der Waals surface area (Å²) in [6, 6.07) is 2.00. The van der Waals surface area contributed by atoms with Crippen molar-refractivity contribution in [2.75, 3.05) is 12.3 Å². The van der Waals surface area contributed by atoms with Gasteiger partial charge in [0.2, 0.25) is 0 Å². The molecule has 1 heterocycles. The monoisotopic (exact) mass is 273 g/mol. The maximum Gasteiger partial charge on any atom is 1.00 e. The molecule has 0 saturated heterocycles. The van der Waals surface area contributed by atoms with Crippen LogP contribution in [0.15, 0.2) is 16.8 Å². The topological polar surface area (TPSA) is 69.2 Å². The standard InChI is InChI=1S/C8H13NO3S2.K/c10-14(11,12)5-1-3-9-6-8-2-4-13-7-8;/h2,4,7,9H,1,3,5-6H2,(H,10,11,12);/q;+1/p-1. The van der Waals surface area contributed by atoms with E-state index in [0.29, 0.717) is 13.0 Å². The Labute approximate surface area is 137 Å². The van der Waals surface area contributed by atoms with E-state index >= 15 is 0 Å². The van der Waals surface area contributed by atoms with Crippen LogP contribution in [0.4, 0.5) is 0 Å². The van der Waals surface area contributed by atoms with Gasteiger partial charge in [0.15, 0.2) is 0 Å². The van der Waals surface area contributed by atoms with Crippen molar-refractivity contribution in [3.05, 3.63) is 22.4 Å². The van der Waals surface area contributed by atoms with Gasteiger partial charge in [0, 0.05) is 12.3 Å². The average molecular weight is 273 g/mol. The van der Waals surface area contributed by atoms with Gasteiger partial charge in [0.25, 0.3) is 0 Å². The van der Waals surface area contributed by atoms with E-state index in [1.807, 2.05) is 16.8 Å². The summed E-state index contributed by atoms with van der Waals surface area (Å²) >= 11 is 1.62. The van der Waals surface area contributed by atoms with Gasteiger partial charge in [-0.25, -0.2) is 8.42 Å². The fourth-order valence-corrected chi connectivity index (χ4v) is 2.17. The average Bonchev–Trinajstić information content (AvgIpc) is 2.54. The van der Waals surface area contributed by atoms with E-state index in [-0.39, 0.29) is 57.1 Å². The quantitative estimate of drug-likeness (QED) is 0.362. The fourth-order valence-electron chi connectivity index (χ4n) is 1.000. The number of hydrogen-bond acceptors (Lipinski definition) is 5. The third-order valence-corrected chi connectivity index (χ3v) is 3.18. The van der Waals surface area contributed by atoms with Crippen molar-refractivity contribution in [2.45, 2.75) is 13.0 Å². The Kier molecular flexibility index (Phi) is 8.99. The normalized spacial score (nSPS) is 11.0. The summed E-state index contributed by atoms with van der Waals surface area (Å²) in [5.41, 5.74) is 1.18. The van der Waals surface area contributed by atoms with E-state index in [1.165, 1.54) is 5.56 Å². The van der Waals surface area contributed by atoms with Gasteiger partial charge < -0.3 is 9.87 Å². The van der Waals surface area contributed by atoms with Gasteiger partial charge in [-0.1, -0.05) is 0 Å². The van der Waals surface area contributed by atoms with Crippen LogP contribution in [-0.2, 0) is 16.7 Å². The van der Waals surface area contributed by atoms with E-state index in [4.69, 9.17) is 0 Å². The van der Waals surface area contributed by atoms with Gasteiger partial charge in [-0.15, -0.1) is 0 Å². The Balaban J connectivity index is 0.00000196. The Morgan fingerprint density at radius 3 is 2.73 bits per heavy atom. The van der Waals surface area contributed by atoms with E-state index in [0.717, 1.165) is 6.54 Å². The first-order valence-electron chi connectivity index (χ1n) is 4.23. The fraction of sp³-hybridized carbons (Fsp3) is 0.500. The second-order valence-electron chi connectivity index (χ2n) is 2.92. The van der Waals surface area contributed by atoms with E-state index in [9.17, 15) is 13.0 Å². The molecule has 0 aliphatic rings. The van der Waals surface area contributed by atoms with Crippen LogP contribution in [-0.4, -0.2) is 25.3 Å². The minimum atomic E-state index is -4.05. The van der Waals surface area contributed by atoms with Crippen molar-refractivity contribution in [2.24, 2.45) is 0 Å². The number of nitrogens with one attached hydrogen (secondary N) is 1. The van der Waals surface area contributed by atoms with Crippen LogP contribution in [0.3, 0.4) is 0 Å². The first kappa shape index (κ1) is 16.2. The van der Waals surface area contributed by atoms with Gasteiger partial charge in [0.1, 0.15) is 0 Å². The molecule has 15 heavy (non-hydrogen) atoms. The van der Waals surface area contributed by atoms with Gasteiger partial charge in [-0.3, -0.25) is 0 Å². The summed E-state index contributed by atoms with van der Waals surface area (Å²) in [5.74, 6) is -0.288. The van der Waals surface area contributed by atoms with Crippen LogP contribution in [0, 0.1) is 0 Å². The molecule has 0 unspecified atom stereocenters. The summed E-state index contributed by atoms with van der Waals surface area (Å²) < 4.78 is 30.7. The summed E-state index contributed by atoms with van der Waals surface area (Å²) in [7, 11) is -4.05. The zero-order valence-electron chi connectivity index (χ0n) is 8.60. The predicted octanol–water partition coefficient (Wildman–Crippen LogP) is -2.22. The molecule has 0 atom stereocenters. The molecule has 1 aromatic rings. The first-order chi connectivity index (χ1) is 6.58. The largest absolute Gasteiger partial charge is 1.00 e. The van der Waals surface area contributed by atoms with Crippen molar-refractivity contribution < 1.29 is 64.4 Å². The molecular weight excluding hydrogens is 261 g/mol. The molecule has 0 radical (unpaired) electrons. The third-order valence-electron chi connectivity index (χ3n) is 1.66. The zero-order valence-corrected chi connectivity index (χ0v) is 13.4. The summed E-state index contributed by atoms with van der Waals surface area (Å²) in [4.78, 5) is 0. The molecule has 0 fully saturated rings. The van der Waals surface area contributed by atoms with E-state index in [1.54, 1.807) is 11.3 Å². The van der Waals surface area contributed by atoms with Crippen molar-refractivity contribution in [3.8, 4) is 0 Å². The number of rotatable bonds is 6. The predicted molar refractivity (Wildman–Crippen MR) is 55.2 cm³/mol. The van der Waals surface area contributed by atoms with Gasteiger partial charge in [-0.2, -0.15) is 11.3 Å². The molecule has 1 aromatic heterocycles. The van der Waals surface area contributed by atoms with Gasteiger partial charge >= 0.3 is 51.4 Å². The molecule has 0 saturated carbocycles. The van der Waals surface area contributed by atoms with Gasteiger partial charge in [-0.05, 0) is 35.4 Å². The molecule has 80 valence electrons. The van der Waals surface area contributed by atoms with Crippen LogP contribution in [0.1, 0.15) is 12.0 Å². The van der Waals surface area contributed by atoms with Crippen molar-refractivity contribution in [1.82, 2.24) is 5.32 Å². The molecule has 0 bridgehead atoms. The minimum absolute atomic E-state index is 0. The Morgan fingerprint density at radius 2 is 2.20 bits per heavy atom. The summed E-state index contributed by atoms with van der Waals surface area (Å²) in [6.45, 7) is 1.28. The zero-order chi connectivity index (χ0) is 10.4. The Hall–Kier alpha value is 1.21. The van der Waals surface area contributed by atoms with E-state index < -0.39 is 10.1 Å². The van der Waals surface area contributed by atoms with Crippen LogP contribution >= 0.6 is 11.3 Å². The third kappa shape index (κ3) is 8.96. The Morgan fingerprint density at radius 1 is 1.47 bits per heavy atom. The number of hydrogen-bond donors (Lipinski definition) is 1. The SMILES string of the molecule is O=S(=O)([O-])CCCNCc1ccsc1.[K+]. The van der Waals surface area contributed by atoms with Crippen LogP contribution in [0.5, 0.6) is 0 Å². The van der Waals surface area contributed by atoms with Gasteiger partial charge in [0.05, 0.1) is 10.1 Å². The molecule has 0 aliphatic heterocycles. The molecule has 0 spiro atoms.